The summed E-state index contributed by atoms with van der Waals surface area (Å²) in [5.74, 6) is 0. The van der Waals surface area contributed by atoms with Crippen molar-refractivity contribution >= 4 is 84.9 Å². The summed E-state index contributed by atoms with van der Waals surface area (Å²) in [5, 5.41) is 3.57. The molecule has 2 aromatic carbocycles. The molecule has 0 radical (unpaired) electrons. The van der Waals surface area contributed by atoms with Crippen molar-refractivity contribution in [2.24, 2.45) is 0 Å². The molecule has 1 saturated heterocycles. The molecule has 2 aromatic rings. The van der Waals surface area contributed by atoms with Gasteiger partial charge in [-0.1, -0.05) is 132 Å². The van der Waals surface area contributed by atoms with Crippen molar-refractivity contribution in [1.82, 2.24) is 0 Å². The maximum atomic E-state index is 3.70. The van der Waals surface area contributed by atoms with E-state index < -0.39 is 42.7 Å². The van der Waals surface area contributed by atoms with Crippen LogP contribution in [0.5, 0.6) is 0 Å². The average Bonchev–Trinajstić information content (AvgIpc) is 2.66. The summed E-state index contributed by atoms with van der Waals surface area (Å²) < 4.78 is 2.45. The highest BCUT2D eigenvalue weighted by Gasteiger charge is 2.79. The van der Waals surface area contributed by atoms with Crippen LogP contribution in [-0.4, -0.2) is 42.7 Å². The third kappa shape index (κ3) is 2.93. The van der Waals surface area contributed by atoms with E-state index in [0.717, 1.165) is 0 Å². The molecule has 0 aromatic heterocycles. The van der Waals surface area contributed by atoms with E-state index in [1.165, 1.54) is 8.95 Å². The number of halogens is 2. The molecule has 1 heterocycles. The molecule has 0 bridgehead atoms. The topological polar surface area (TPSA) is 0 Å². The second-order valence-corrected chi connectivity index (χ2v) is 83.2. The predicted octanol–water partition coefficient (Wildman–Crippen LogP) is 6.80. The third-order valence-electron chi connectivity index (χ3n) is 11.0. The van der Waals surface area contributed by atoms with Crippen molar-refractivity contribution in [2.75, 3.05) is 0 Å². The zero-order chi connectivity index (χ0) is 23.0. The number of hydrogen-bond donors (Lipinski definition) is 0. The molecule has 0 spiro atoms. The molecule has 0 N–H and O–H groups in total. The van der Waals surface area contributed by atoms with Gasteiger partial charge >= 0.3 is 0 Å². The molecule has 0 nitrogen and oxygen atoms in total. The molecule has 164 valence electrons. The molecular formula is C22H38Br2Si6. The summed E-state index contributed by atoms with van der Waals surface area (Å²) in [7, 11) is -9.09. The minimum absolute atomic E-state index is 1.22. The maximum absolute atomic E-state index is 3.70. The molecule has 1 aliphatic heterocycles. The van der Waals surface area contributed by atoms with Gasteiger partial charge in [-0.2, -0.15) is 0 Å². The first-order chi connectivity index (χ1) is 13.5. The van der Waals surface area contributed by atoms with Crippen molar-refractivity contribution < 1.29 is 0 Å². The summed E-state index contributed by atoms with van der Waals surface area (Å²) >= 11 is 7.40. The largest absolute Gasteiger partial charge is 0.0732 e. The van der Waals surface area contributed by atoms with Crippen LogP contribution in [0.4, 0.5) is 0 Å². The van der Waals surface area contributed by atoms with Crippen molar-refractivity contribution in [1.29, 1.82) is 0 Å². The molecular weight excluding hydrogens is 593 g/mol. The van der Waals surface area contributed by atoms with Crippen molar-refractivity contribution in [3.05, 3.63) is 57.5 Å². The van der Waals surface area contributed by atoms with Gasteiger partial charge in [0.1, 0.15) is 0 Å². The summed E-state index contributed by atoms with van der Waals surface area (Å²) in [4.78, 5) is 0. The highest BCUT2D eigenvalue weighted by Crippen LogP contribution is 2.51. The Balaban J connectivity index is 2.40. The smallest absolute Gasteiger partial charge is 0.0657 e. The molecule has 1 fully saturated rings. The number of rotatable bonds is 2. The van der Waals surface area contributed by atoms with Gasteiger partial charge in [0.2, 0.25) is 0 Å². The van der Waals surface area contributed by atoms with E-state index in [0.29, 0.717) is 0 Å². The monoisotopic (exact) mass is 628 g/mol. The van der Waals surface area contributed by atoms with Gasteiger partial charge in [0.05, 0.1) is 14.2 Å². The lowest BCUT2D eigenvalue weighted by Crippen LogP contribution is -3.05. The minimum Gasteiger partial charge on any atom is -0.0732 e. The van der Waals surface area contributed by atoms with Crippen molar-refractivity contribution in [2.45, 2.75) is 65.5 Å². The molecule has 0 amide bonds. The van der Waals surface area contributed by atoms with Crippen LogP contribution in [-0.2, 0) is 0 Å². The van der Waals surface area contributed by atoms with Crippen LogP contribution in [0.2, 0.25) is 65.5 Å². The summed E-state index contributed by atoms with van der Waals surface area (Å²) in [6.45, 7) is 28.6. The second-order valence-electron chi connectivity index (χ2n) is 11.8. The maximum Gasteiger partial charge on any atom is 0.0657 e. The standard InChI is InChI=1S/C22H38Br2Si6/c1-25(2)26(3,4)30(10,22-17-13-20(24)14-18-22)28(7,8)27(5,6)29(25,9)21-15-11-19(23)12-16-21/h11-18H,1-10H3. The Morgan fingerprint density at radius 2 is 0.600 bits per heavy atom. The molecule has 30 heavy (non-hydrogen) atoms. The van der Waals surface area contributed by atoms with Crippen molar-refractivity contribution in [3.63, 3.8) is 0 Å². The van der Waals surface area contributed by atoms with Gasteiger partial charge in [0.15, 0.2) is 0 Å². The predicted molar refractivity (Wildman–Crippen MR) is 161 cm³/mol. The Hall–Kier alpha value is 0.701. The molecule has 0 saturated carbocycles. The molecule has 3 rings (SSSR count). The van der Waals surface area contributed by atoms with Gasteiger partial charge in [-0.3, -0.25) is 0 Å². The summed E-state index contributed by atoms with van der Waals surface area (Å²) in [5.41, 5.74) is 0. The van der Waals surface area contributed by atoms with Gasteiger partial charge in [0.25, 0.3) is 0 Å². The van der Waals surface area contributed by atoms with E-state index in [-0.39, 0.29) is 0 Å². The zero-order valence-corrected chi connectivity index (χ0v) is 29.5. The Kier molecular flexibility index (Phi) is 6.42. The fraction of sp³-hybridized carbons (Fsp3) is 0.455. The van der Waals surface area contributed by atoms with E-state index in [1.54, 1.807) is 10.4 Å². The van der Waals surface area contributed by atoms with Crippen LogP contribution >= 0.6 is 31.9 Å². The second kappa shape index (κ2) is 7.61. The van der Waals surface area contributed by atoms with E-state index in [4.69, 9.17) is 0 Å². The van der Waals surface area contributed by atoms with E-state index in [9.17, 15) is 0 Å². The lowest BCUT2D eigenvalue weighted by Gasteiger charge is -2.74. The normalized spacial score (nSPS) is 31.3. The molecule has 1 aliphatic rings. The SMILES string of the molecule is C[Si]1(C)[Si](C)(C)[Si](C)(c2ccc(Br)cc2)[Si](C)(C)[Si](C)(C)[Si]1(C)c1ccc(Br)cc1. The molecule has 0 atom stereocenters. The minimum atomic E-state index is -1.59. The fourth-order valence-electron chi connectivity index (χ4n) is 7.07. The average molecular weight is 631 g/mol. The lowest BCUT2D eigenvalue weighted by molar-refractivity contribution is 1.66. The molecule has 8 heteroatoms. The van der Waals surface area contributed by atoms with Gasteiger partial charge < -0.3 is 0 Å². The first-order valence-corrected chi connectivity index (χ1v) is 35.6. The van der Waals surface area contributed by atoms with Crippen LogP contribution in [0.25, 0.3) is 0 Å². The highest BCUT2D eigenvalue weighted by atomic mass is 79.9. The first kappa shape index (κ1) is 25.3. The first-order valence-electron chi connectivity index (χ1n) is 11.0. The van der Waals surface area contributed by atoms with E-state index in [1.807, 2.05) is 0 Å². The molecule has 0 aliphatic carbocycles. The highest BCUT2D eigenvalue weighted by molar-refractivity contribution is 9.10. The summed E-state index contributed by atoms with van der Waals surface area (Å²) in [6.07, 6.45) is 0. The van der Waals surface area contributed by atoms with Gasteiger partial charge in [-0.15, -0.1) is 0 Å². The Morgan fingerprint density at radius 3 is 0.800 bits per heavy atom. The lowest BCUT2D eigenvalue weighted by atomic mass is 10.4. The Bertz CT molecular complexity index is 841. The Morgan fingerprint density at radius 1 is 0.400 bits per heavy atom. The van der Waals surface area contributed by atoms with Crippen LogP contribution in [0.3, 0.4) is 0 Å². The summed E-state index contributed by atoms with van der Waals surface area (Å²) in [6, 6.07) is 19.4. The van der Waals surface area contributed by atoms with Crippen LogP contribution in [0, 0.1) is 0 Å². The van der Waals surface area contributed by atoms with Crippen LogP contribution in [0.15, 0.2) is 57.5 Å². The van der Waals surface area contributed by atoms with Gasteiger partial charge in [-0.05, 0) is 24.3 Å². The molecule has 0 unspecified atom stereocenters. The third-order valence-corrected chi connectivity index (χ3v) is 160. The van der Waals surface area contributed by atoms with Crippen LogP contribution in [0.1, 0.15) is 0 Å². The van der Waals surface area contributed by atoms with Crippen LogP contribution < -0.4 is 10.4 Å². The number of benzene rings is 2. The quantitative estimate of drug-likeness (QED) is 0.321. The van der Waals surface area contributed by atoms with Crippen molar-refractivity contribution in [3.8, 4) is 0 Å². The van der Waals surface area contributed by atoms with Gasteiger partial charge in [0, 0.05) is 37.4 Å². The Labute approximate surface area is 206 Å². The zero-order valence-electron chi connectivity index (χ0n) is 20.4. The fourth-order valence-corrected chi connectivity index (χ4v) is 248. The van der Waals surface area contributed by atoms with Gasteiger partial charge in [-0.25, -0.2) is 0 Å². The van der Waals surface area contributed by atoms with E-state index >= 15 is 0 Å². The van der Waals surface area contributed by atoms with E-state index in [2.05, 4.69) is 146 Å². The number of hydrogen-bond acceptors (Lipinski definition) is 0.